The van der Waals surface area contributed by atoms with Gasteiger partial charge >= 0.3 is 6.09 Å². The fourth-order valence-corrected chi connectivity index (χ4v) is 9.74. The minimum Gasteiger partial charge on any atom is -0.449 e. The van der Waals surface area contributed by atoms with Crippen molar-refractivity contribution in [3.63, 3.8) is 0 Å². The van der Waals surface area contributed by atoms with Gasteiger partial charge in [0, 0.05) is 5.41 Å². The van der Waals surface area contributed by atoms with Gasteiger partial charge in [0.05, 0.1) is 12.3 Å². The Bertz CT molecular complexity index is 894. The number of fused-ring (bicyclic) bond motifs is 7. The van der Waals surface area contributed by atoms with E-state index < -0.39 is 6.09 Å². The molecule has 182 valence electrons. The van der Waals surface area contributed by atoms with Crippen molar-refractivity contribution in [3.05, 3.63) is 11.6 Å². The number of Topliss-reactive ketones (excluding diaryl/α,β-unsaturated/α-hetero) is 1. The summed E-state index contributed by atoms with van der Waals surface area (Å²) in [5.74, 6) is 3.25. The molecular formula is C28H42N2O3. The molecule has 5 aliphatic carbocycles. The number of amides is 1. The van der Waals surface area contributed by atoms with Crippen molar-refractivity contribution in [2.45, 2.75) is 98.3 Å². The molecule has 0 spiro atoms. The second kappa shape index (κ2) is 8.23. The molecule has 4 saturated carbocycles. The van der Waals surface area contributed by atoms with E-state index in [-0.39, 0.29) is 16.2 Å². The zero-order valence-corrected chi connectivity index (χ0v) is 21.0. The lowest BCUT2D eigenvalue weighted by Gasteiger charge is -2.60. The van der Waals surface area contributed by atoms with Crippen molar-refractivity contribution in [2.75, 3.05) is 6.61 Å². The highest BCUT2D eigenvalue weighted by Crippen LogP contribution is 2.74. The molecule has 0 aromatic heterocycles. The third-order valence-corrected chi connectivity index (χ3v) is 11.2. The average molecular weight is 455 g/mol. The second-order valence-electron chi connectivity index (χ2n) is 12.1. The molecule has 5 aliphatic rings. The Balaban J connectivity index is 1.40. The highest BCUT2D eigenvalue weighted by Gasteiger charge is 2.69. The number of carbonyl (C=O) groups is 2. The standard InChI is InChI=1S/C28H42N2O3/c1-5-33-25(32)30-29-21-11-14-26(3)19(16-21)9-10-22-23(26)12-15-27(4)24(22)17-20-8-6-7-13-28(20,27)18(2)31/h16,20,22-24H,5-15,17H2,1-4H3,(H,30,32)/b29-21+/t20-,22-,23-,24-,26-,27-,28-/m0/s1. The van der Waals surface area contributed by atoms with E-state index in [2.05, 4.69) is 30.5 Å². The average Bonchev–Trinajstić information content (AvgIpc) is 3.08. The molecule has 5 heteroatoms. The Morgan fingerprint density at radius 1 is 1.09 bits per heavy atom. The predicted molar refractivity (Wildman–Crippen MR) is 130 cm³/mol. The first kappa shape index (κ1) is 23.1. The van der Waals surface area contributed by atoms with Crippen LogP contribution in [-0.2, 0) is 9.53 Å². The van der Waals surface area contributed by atoms with Gasteiger partial charge in [0.25, 0.3) is 0 Å². The molecule has 1 amide bonds. The maximum Gasteiger partial charge on any atom is 0.427 e. The number of rotatable bonds is 3. The van der Waals surface area contributed by atoms with Crippen molar-refractivity contribution < 1.29 is 14.3 Å². The summed E-state index contributed by atoms with van der Waals surface area (Å²) in [5, 5.41) is 4.35. The highest BCUT2D eigenvalue weighted by atomic mass is 16.5. The van der Waals surface area contributed by atoms with E-state index in [1.165, 1.54) is 50.5 Å². The van der Waals surface area contributed by atoms with E-state index in [1.54, 1.807) is 6.92 Å². The molecule has 0 aromatic rings. The van der Waals surface area contributed by atoms with Crippen LogP contribution in [0.5, 0.6) is 0 Å². The molecule has 4 fully saturated rings. The smallest absolute Gasteiger partial charge is 0.427 e. The van der Waals surface area contributed by atoms with E-state index >= 15 is 0 Å². The van der Waals surface area contributed by atoms with Gasteiger partial charge in [-0.05, 0) is 112 Å². The molecule has 0 heterocycles. The lowest BCUT2D eigenvalue weighted by atomic mass is 9.44. The summed E-state index contributed by atoms with van der Waals surface area (Å²) < 4.78 is 4.94. The minimum absolute atomic E-state index is 0.0525. The van der Waals surface area contributed by atoms with Crippen LogP contribution >= 0.6 is 0 Å². The van der Waals surface area contributed by atoms with E-state index in [1.807, 2.05) is 6.92 Å². The highest BCUT2D eigenvalue weighted by molar-refractivity contribution is 5.97. The topological polar surface area (TPSA) is 67.8 Å². The number of nitrogens with zero attached hydrogens (tertiary/aromatic N) is 1. The van der Waals surface area contributed by atoms with Gasteiger partial charge in [-0.1, -0.05) is 32.3 Å². The van der Waals surface area contributed by atoms with Gasteiger partial charge in [-0.25, -0.2) is 10.2 Å². The normalized spacial score (nSPS) is 45.2. The number of ketones is 1. The van der Waals surface area contributed by atoms with E-state index in [0.717, 1.165) is 37.3 Å². The number of hydrazone groups is 1. The summed E-state index contributed by atoms with van der Waals surface area (Å²) in [4.78, 5) is 24.9. The molecule has 0 saturated heterocycles. The van der Waals surface area contributed by atoms with Gasteiger partial charge in [0.1, 0.15) is 5.78 Å². The van der Waals surface area contributed by atoms with Crippen LogP contribution in [0.15, 0.2) is 16.8 Å². The SMILES string of the molecule is CCOC(=O)N/N=C1/C=C2CC[C@H]3[C@H](CC[C@@]4(C)[C@H]3C[C@@H]3CCCC[C@]34C(C)=O)[C@@]2(C)CC1. The quantitative estimate of drug-likeness (QED) is 0.500. The number of allylic oxidation sites excluding steroid dienone is 2. The van der Waals surface area contributed by atoms with Gasteiger partial charge in [0.2, 0.25) is 0 Å². The Hall–Kier alpha value is -1.65. The number of hydrogen-bond donors (Lipinski definition) is 1. The number of ether oxygens (including phenoxy) is 1. The van der Waals surface area contributed by atoms with Crippen LogP contribution in [0.3, 0.4) is 0 Å². The number of carbonyl (C=O) groups excluding carboxylic acids is 2. The lowest BCUT2D eigenvalue weighted by Crippen LogP contribution is -2.55. The molecule has 33 heavy (non-hydrogen) atoms. The monoisotopic (exact) mass is 454 g/mol. The van der Waals surface area contributed by atoms with Crippen molar-refractivity contribution >= 4 is 17.6 Å². The summed E-state index contributed by atoms with van der Waals surface area (Å²) in [6.07, 6.45) is 14.8. The molecule has 5 rings (SSSR count). The zero-order valence-electron chi connectivity index (χ0n) is 21.0. The molecule has 0 aliphatic heterocycles. The molecular weight excluding hydrogens is 412 g/mol. The van der Waals surface area contributed by atoms with Crippen LogP contribution in [0, 0.1) is 39.9 Å². The summed E-state index contributed by atoms with van der Waals surface area (Å²) >= 11 is 0. The summed E-state index contributed by atoms with van der Waals surface area (Å²) in [6.45, 7) is 9.07. The molecule has 0 bridgehead atoms. The molecule has 7 atom stereocenters. The molecule has 5 nitrogen and oxygen atoms in total. The summed E-state index contributed by atoms with van der Waals surface area (Å²) in [7, 11) is 0. The first-order chi connectivity index (χ1) is 15.8. The van der Waals surface area contributed by atoms with Crippen molar-refractivity contribution in [1.82, 2.24) is 5.43 Å². The summed E-state index contributed by atoms with van der Waals surface area (Å²) in [6, 6.07) is 0. The van der Waals surface area contributed by atoms with Crippen LogP contribution < -0.4 is 5.43 Å². The van der Waals surface area contributed by atoms with Gasteiger partial charge in [-0.3, -0.25) is 4.79 Å². The lowest BCUT2D eigenvalue weighted by molar-refractivity contribution is -0.147. The van der Waals surface area contributed by atoms with Crippen molar-refractivity contribution in [2.24, 2.45) is 45.0 Å². The maximum atomic E-state index is 13.2. The van der Waals surface area contributed by atoms with Crippen LogP contribution in [0.1, 0.15) is 98.3 Å². The van der Waals surface area contributed by atoms with Gasteiger partial charge < -0.3 is 4.74 Å². The minimum atomic E-state index is -0.478. The van der Waals surface area contributed by atoms with Gasteiger partial charge in [0.15, 0.2) is 0 Å². The van der Waals surface area contributed by atoms with Gasteiger partial charge in [-0.2, -0.15) is 5.10 Å². The molecule has 0 unspecified atom stereocenters. The van der Waals surface area contributed by atoms with E-state index in [9.17, 15) is 9.59 Å². The first-order valence-corrected chi connectivity index (χ1v) is 13.5. The Morgan fingerprint density at radius 2 is 1.91 bits per heavy atom. The van der Waals surface area contributed by atoms with Crippen LogP contribution in [0.2, 0.25) is 0 Å². The molecule has 1 N–H and O–H groups in total. The third kappa shape index (κ3) is 3.27. The first-order valence-electron chi connectivity index (χ1n) is 13.5. The van der Waals surface area contributed by atoms with Crippen molar-refractivity contribution in [3.8, 4) is 0 Å². The third-order valence-electron chi connectivity index (χ3n) is 11.2. The molecule has 0 radical (unpaired) electrons. The Morgan fingerprint density at radius 3 is 2.67 bits per heavy atom. The van der Waals surface area contributed by atoms with E-state index in [0.29, 0.717) is 30.1 Å². The fourth-order valence-electron chi connectivity index (χ4n) is 9.74. The fraction of sp³-hybridized carbons (Fsp3) is 0.821. The largest absolute Gasteiger partial charge is 0.449 e. The second-order valence-corrected chi connectivity index (χ2v) is 12.1. The van der Waals surface area contributed by atoms with E-state index in [4.69, 9.17) is 4.74 Å². The zero-order chi connectivity index (χ0) is 23.4. The maximum absolute atomic E-state index is 13.2. The predicted octanol–water partition coefficient (Wildman–Crippen LogP) is 6.43. The van der Waals surface area contributed by atoms with Crippen LogP contribution in [0.25, 0.3) is 0 Å². The van der Waals surface area contributed by atoms with Crippen LogP contribution in [-0.4, -0.2) is 24.2 Å². The Kier molecular flexibility index (Phi) is 5.77. The number of nitrogens with one attached hydrogen (secondary N) is 1. The summed E-state index contributed by atoms with van der Waals surface area (Å²) in [5.41, 5.74) is 5.41. The molecule has 0 aromatic carbocycles. The van der Waals surface area contributed by atoms with Crippen LogP contribution in [0.4, 0.5) is 4.79 Å². The Labute approximate surface area is 199 Å². The van der Waals surface area contributed by atoms with Gasteiger partial charge in [-0.15, -0.1) is 0 Å². The number of hydrogen-bond acceptors (Lipinski definition) is 4. The van der Waals surface area contributed by atoms with Crippen molar-refractivity contribution in [1.29, 1.82) is 0 Å².